The molecule has 0 atom stereocenters. The van der Waals surface area contributed by atoms with Gasteiger partial charge in [-0.25, -0.2) is 0 Å². The van der Waals surface area contributed by atoms with Crippen LogP contribution in [0.3, 0.4) is 0 Å². The highest BCUT2D eigenvalue weighted by Gasteiger charge is 2.29. The smallest absolute Gasteiger partial charge is 0.274 e. The van der Waals surface area contributed by atoms with Gasteiger partial charge in [-0.05, 0) is 5.56 Å². The van der Waals surface area contributed by atoms with Crippen LogP contribution in [0.25, 0.3) is 0 Å². The fourth-order valence-electron chi connectivity index (χ4n) is 3.79. The molecule has 1 aromatic heterocycles. The Balaban J connectivity index is 1.40. The van der Waals surface area contributed by atoms with Crippen LogP contribution >= 0.6 is 0 Å². The topological polar surface area (TPSA) is 53.4 Å². The SMILES string of the molecule is Cn1nc(C(=O)N2CCN(Cc3ccccc3)CC2)c2c1CCNC2. The number of benzene rings is 1. The molecular formula is C19H25N5O. The molecule has 0 unspecified atom stereocenters. The first-order chi connectivity index (χ1) is 12.2. The van der Waals surface area contributed by atoms with Crippen molar-refractivity contribution in [3.05, 3.63) is 52.8 Å². The van der Waals surface area contributed by atoms with Crippen LogP contribution in [0.4, 0.5) is 0 Å². The largest absolute Gasteiger partial charge is 0.335 e. The highest BCUT2D eigenvalue weighted by molar-refractivity contribution is 5.94. The Bertz CT molecular complexity index is 747. The lowest BCUT2D eigenvalue weighted by Crippen LogP contribution is -2.48. The molecule has 132 valence electrons. The number of amides is 1. The zero-order valence-electron chi connectivity index (χ0n) is 14.7. The van der Waals surface area contributed by atoms with Crippen molar-refractivity contribution in [2.45, 2.75) is 19.5 Å². The number of rotatable bonds is 3. The molecule has 2 aromatic rings. The Morgan fingerprint density at radius 2 is 1.92 bits per heavy atom. The summed E-state index contributed by atoms with van der Waals surface area (Å²) in [6, 6.07) is 10.5. The number of aromatic nitrogens is 2. The van der Waals surface area contributed by atoms with Crippen LogP contribution in [-0.4, -0.2) is 58.2 Å². The Hall–Kier alpha value is -2.18. The van der Waals surface area contributed by atoms with E-state index in [1.807, 2.05) is 22.7 Å². The highest BCUT2D eigenvalue weighted by atomic mass is 16.2. The molecule has 1 N–H and O–H groups in total. The molecular weight excluding hydrogens is 314 g/mol. The third-order valence-corrected chi connectivity index (χ3v) is 5.23. The lowest BCUT2D eigenvalue weighted by atomic mass is 10.1. The van der Waals surface area contributed by atoms with Crippen LogP contribution in [0.15, 0.2) is 30.3 Å². The molecule has 2 aliphatic rings. The van der Waals surface area contributed by atoms with Crippen LogP contribution in [0.2, 0.25) is 0 Å². The van der Waals surface area contributed by atoms with Gasteiger partial charge in [0.15, 0.2) is 5.69 Å². The molecule has 0 spiro atoms. The van der Waals surface area contributed by atoms with E-state index in [4.69, 9.17) is 0 Å². The molecule has 25 heavy (non-hydrogen) atoms. The number of piperazine rings is 1. The van der Waals surface area contributed by atoms with E-state index in [-0.39, 0.29) is 5.91 Å². The lowest BCUT2D eigenvalue weighted by Gasteiger charge is -2.34. The van der Waals surface area contributed by atoms with Gasteiger partial charge in [0.05, 0.1) is 0 Å². The quantitative estimate of drug-likeness (QED) is 0.907. The van der Waals surface area contributed by atoms with Crippen molar-refractivity contribution >= 4 is 5.91 Å². The zero-order valence-corrected chi connectivity index (χ0v) is 14.7. The summed E-state index contributed by atoms with van der Waals surface area (Å²) < 4.78 is 1.88. The van der Waals surface area contributed by atoms with E-state index in [2.05, 4.69) is 39.6 Å². The Morgan fingerprint density at radius 1 is 1.16 bits per heavy atom. The normalized spacial score (nSPS) is 18.2. The summed E-state index contributed by atoms with van der Waals surface area (Å²) >= 11 is 0. The summed E-state index contributed by atoms with van der Waals surface area (Å²) in [7, 11) is 1.94. The minimum atomic E-state index is 0.0833. The number of nitrogens with one attached hydrogen (secondary N) is 1. The molecule has 1 saturated heterocycles. The standard InChI is InChI=1S/C19H25N5O/c1-22-17-7-8-20-13-16(17)18(21-22)19(25)24-11-9-23(10-12-24)14-15-5-3-2-4-6-15/h2-6,20H,7-14H2,1H3. The van der Waals surface area contributed by atoms with Crippen molar-refractivity contribution in [2.75, 3.05) is 32.7 Å². The third kappa shape index (κ3) is 3.32. The van der Waals surface area contributed by atoms with E-state index in [0.29, 0.717) is 5.69 Å². The predicted octanol–water partition coefficient (Wildman–Crippen LogP) is 1.02. The van der Waals surface area contributed by atoms with E-state index in [9.17, 15) is 4.79 Å². The van der Waals surface area contributed by atoms with Crippen LogP contribution in [-0.2, 0) is 26.6 Å². The minimum absolute atomic E-state index is 0.0833. The highest BCUT2D eigenvalue weighted by Crippen LogP contribution is 2.20. The van der Waals surface area contributed by atoms with Crippen LogP contribution in [0.1, 0.15) is 27.3 Å². The Labute approximate surface area is 148 Å². The second-order valence-corrected chi connectivity index (χ2v) is 6.88. The van der Waals surface area contributed by atoms with Gasteiger partial charge in [-0.3, -0.25) is 14.4 Å². The summed E-state index contributed by atoms with van der Waals surface area (Å²) in [5.74, 6) is 0.0833. The number of fused-ring (bicyclic) bond motifs is 1. The number of hydrogen-bond acceptors (Lipinski definition) is 4. The van der Waals surface area contributed by atoms with Crippen molar-refractivity contribution in [2.24, 2.45) is 7.05 Å². The van der Waals surface area contributed by atoms with E-state index in [0.717, 1.165) is 57.8 Å². The van der Waals surface area contributed by atoms with Crippen LogP contribution < -0.4 is 5.32 Å². The number of aryl methyl sites for hydroxylation is 1. The molecule has 1 amide bonds. The Morgan fingerprint density at radius 3 is 2.68 bits per heavy atom. The van der Waals surface area contributed by atoms with E-state index >= 15 is 0 Å². The van der Waals surface area contributed by atoms with E-state index in [1.54, 1.807) is 0 Å². The minimum Gasteiger partial charge on any atom is -0.335 e. The maximum Gasteiger partial charge on any atom is 0.274 e. The molecule has 0 saturated carbocycles. The third-order valence-electron chi connectivity index (χ3n) is 5.23. The molecule has 4 rings (SSSR count). The van der Waals surface area contributed by atoms with Gasteiger partial charge in [0.2, 0.25) is 0 Å². The summed E-state index contributed by atoms with van der Waals surface area (Å²) in [6.07, 6.45) is 0.941. The predicted molar refractivity (Wildman–Crippen MR) is 96.2 cm³/mol. The van der Waals surface area contributed by atoms with Gasteiger partial charge in [-0.15, -0.1) is 0 Å². The number of nitrogens with zero attached hydrogens (tertiary/aromatic N) is 4. The van der Waals surface area contributed by atoms with Crippen LogP contribution in [0, 0.1) is 0 Å². The Kier molecular flexibility index (Phi) is 4.55. The van der Waals surface area contributed by atoms with Gasteiger partial charge in [0, 0.05) is 70.5 Å². The molecule has 0 radical (unpaired) electrons. The van der Waals surface area contributed by atoms with Crippen molar-refractivity contribution in [1.82, 2.24) is 24.9 Å². The molecule has 1 aromatic carbocycles. The number of carbonyl (C=O) groups excluding carboxylic acids is 1. The average Bonchev–Trinajstić information content (AvgIpc) is 3.00. The zero-order chi connectivity index (χ0) is 17.2. The molecule has 3 heterocycles. The van der Waals surface area contributed by atoms with Gasteiger partial charge >= 0.3 is 0 Å². The lowest BCUT2D eigenvalue weighted by molar-refractivity contribution is 0.0620. The molecule has 2 aliphatic heterocycles. The summed E-state index contributed by atoms with van der Waals surface area (Å²) in [5, 5.41) is 7.88. The van der Waals surface area contributed by atoms with Gasteiger partial charge < -0.3 is 10.2 Å². The van der Waals surface area contributed by atoms with Gasteiger partial charge in [-0.2, -0.15) is 5.10 Å². The number of hydrogen-bond donors (Lipinski definition) is 1. The maximum absolute atomic E-state index is 13.0. The maximum atomic E-state index is 13.0. The van der Waals surface area contributed by atoms with Crippen LogP contribution in [0.5, 0.6) is 0 Å². The average molecular weight is 339 g/mol. The molecule has 0 bridgehead atoms. The summed E-state index contributed by atoms with van der Waals surface area (Å²) in [4.78, 5) is 17.3. The number of carbonyl (C=O) groups is 1. The molecule has 0 aliphatic carbocycles. The van der Waals surface area contributed by atoms with Gasteiger partial charge in [-0.1, -0.05) is 30.3 Å². The first-order valence-electron chi connectivity index (χ1n) is 9.03. The van der Waals surface area contributed by atoms with E-state index < -0.39 is 0 Å². The second kappa shape index (κ2) is 6.98. The van der Waals surface area contributed by atoms with Crippen molar-refractivity contribution < 1.29 is 4.79 Å². The van der Waals surface area contributed by atoms with Crippen molar-refractivity contribution in [3.63, 3.8) is 0 Å². The molecule has 1 fully saturated rings. The van der Waals surface area contributed by atoms with Gasteiger partial charge in [0.25, 0.3) is 5.91 Å². The first kappa shape index (κ1) is 16.3. The summed E-state index contributed by atoms with van der Waals surface area (Å²) in [5.41, 5.74) is 4.25. The fraction of sp³-hybridized carbons (Fsp3) is 0.474. The fourth-order valence-corrected chi connectivity index (χ4v) is 3.79. The van der Waals surface area contributed by atoms with Crippen molar-refractivity contribution in [3.8, 4) is 0 Å². The van der Waals surface area contributed by atoms with Crippen molar-refractivity contribution in [1.29, 1.82) is 0 Å². The second-order valence-electron chi connectivity index (χ2n) is 6.88. The monoisotopic (exact) mass is 339 g/mol. The molecule has 6 nitrogen and oxygen atoms in total. The van der Waals surface area contributed by atoms with Gasteiger partial charge in [0.1, 0.15) is 0 Å². The first-order valence-corrected chi connectivity index (χ1v) is 9.03. The summed E-state index contributed by atoms with van der Waals surface area (Å²) in [6.45, 7) is 6.01. The molecule has 6 heteroatoms. The van der Waals surface area contributed by atoms with E-state index in [1.165, 1.54) is 11.3 Å².